The van der Waals surface area contributed by atoms with Gasteiger partial charge in [0.15, 0.2) is 5.16 Å². The molecule has 1 saturated carbocycles. The Labute approximate surface area is 147 Å². The van der Waals surface area contributed by atoms with Crippen LogP contribution in [0.4, 0.5) is 5.82 Å². The lowest BCUT2D eigenvalue weighted by atomic mass is 9.86. The van der Waals surface area contributed by atoms with Gasteiger partial charge < -0.3 is 5.32 Å². The standard InChI is InChI=1S/C19H22N4S/c1-13-8-6-7-11-16(13)21-18-15(12-20)17(22-19(23-18)24-2)14-9-4-3-5-10-14/h3-5,9-10,13,16H,6-8,11H2,1-2H3,(H,21,22,23)/t13-,16+/m0/s1. The van der Waals surface area contributed by atoms with Crippen LogP contribution in [0.5, 0.6) is 0 Å². The predicted molar refractivity (Wildman–Crippen MR) is 99.0 cm³/mol. The number of nitrogens with one attached hydrogen (secondary N) is 1. The number of benzene rings is 1. The monoisotopic (exact) mass is 338 g/mol. The molecule has 0 saturated heterocycles. The highest BCUT2D eigenvalue weighted by molar-refractivity contribution is 7.98. The zero-order chi connectivity index (χ0) is 16.9. The van der Waals surface area contributed by atoms with Crippen molar-refractivity contribution in [2.24, 2.45) is 5.92 Å². The van der Waals surface area contributed by atoms with Gasteiger partial charge in [0.2, 0.25) is 0 Å². The van der Waals surface area contributed by atoms with Crippen LogP contribution in [0.15, 0.2) is 35.5 Å². The predicted octanol–water partition coefficient (Wildman–Crippen LogP) is 4.73. The highest BCUT2D eigenvalue weighted by atomic mass is 32.2. The summed E-state index contributed by atoms with van der Waals surface area (Å²) in [5, 5.41) is 14.0. The van der Waals surface area contributed by atoms with Crippen molar-refractivity contribution >= 4 is 17.6 Å². The van der Waals surface area contributed by atoms with Crippen molar-refractivity contribution in [1.29, 1.82) is 5.26 Å². The maximum atomic E-state index is 9.74. The fourth-order valence-electron chi connectivity index (χ4n) is 3.25. The zero-order valence-corrected chi connectivity index (χ0v) is 14.9. The first-order valence-corrected chi connectivity index (χ1v) is 9.63. The number of aromatic nitrogens is 2. The van der Waals surface area contributed by atoms with Gasteiger partial charge in [-0.25, -0.2) is 9.97 Å². The molecule has 3 rings (SSSR count). The molecule has 1 fully saturated rings. The average Bonchev–Trinajstić information content (AvgIpc) is 2.63. The Balaban J connectivity index is 2.03. The molecule has 1 heterocycles. The Morgan fingerprint density at radius 1 is 1.17 bits per heavy atom. The summed E-state index contributed by atoms with van der Waals surface area (Å²) in [7, 11) is 0. The van der Waals surface area contributed by atoms with Crippen molar-refractivity contribution in [3.8, 4) is 17.3 Å². The van der Waals surface area contributed by atoms with Gasteiger partial charge in [-0.15, -0.1) is 0 Å². The normalized spacial score (nSPS) is 20.4. The van der Waals surface area contributed by atoms with Gasteiger partial charge in [0.25, 0.3) is 0 Å². The van der Waals surface area contributed by atoms with E-state index in [1.165, 1.54) is 31.0 Å². The Morgan fingerprint density at radius 2 is 1.92 bits per heavy atom. The topological polar surface area (TPSA) is 61.6 Å². The van der Waals surface area contributed by atoms with Gasteiger partial charge >= 0.3 is 0 Å². The summed E-state index contributed by atoms with van der Waals surface area (Å²) in [5.41, 5.74) is 2.20. The Bertz CT molecular complexity index is 739. The van der Waals surface area contributed by atoms with E-state index in [1.807, 2.05) is 36.6 Å². The van der Waals surface area contributed by atoms with Crippen LogP contribution in [0.25, 0.3) is 11.3 Å². The van der Waals surface area contributed by atoms with Crippen LogP contribution in [0.3, 0.4) is 0 Å². The number of hydrogen-bond acceptors (Lipinski definition) is 5. The van der Waals surface area contributed by atoms with E-state index in [9.17, 15) is 5.26 Å². The van der Waals surface area contributed by atoms with Gasteiger partial charge in [-0.05, 0) is 25.0 Å². The van der Waals surface area contributed by atoms with Crippen LogP contribution in [-0.2, 0) is 0 Å². The van der Waals surface area contributed by atoms with E-state index >= 15 is 0 Å². The highest BCUT2D eigenvalue weighted by Gasteiger charge is 2.24. The number of nitriles is 1. The van der Waals surface area contributed by atoms with E-state index in [1.54, 1.807) is 0 Å². The minimum absolute atomic E-state index is 0.374. The van der Waals surface area contributed by atoms with Crippen molar-refractivity contribution in [1.82, 2.24) is 9.97 Å². The molecule has 1 aromatic heterocycles. The minimum atomic E-state index is 0.374. The number of hydrogen-bond donors (Lipinski definition) is 1. The first-order chi connectivity index (χ1) is 11.7. The van der Waals surface area contributed by atoms with Crippen LogP contribution in [0, 0.1) is 17.2 Å². The van der Waals surface area contributed by atoms with E-state index in [4.69, 9.17) is 0 Å². The first kappa shape index (κ1) is 16.8. The molecule has 1 aliphatic carbocycles. The van der Waals surface area contributed by atoms with E-state index in [0.717, 1.165) is 12.0 Å². The van der Waals surface area contributed by atoms with Gasteiger partial charge in [0.05, 0.1) is 5.69 Å². The molecule has 2 aromatic rings. The summed E-state index contributed by atoms with van der Waals surface area (Å²) in [6, 6.07) is 12.6. The fraction of sp³-hybridized carbons (Fsp3) is 0.421. The summed E-state index contributed by atoms with van der Waals surface area (Å²) < 4.78 is 0. The molecule has 1 aliphatic rings. The van der Waals surface area contributed by atoms with Crippen molar-refractivity contribution in [2.45, 2.75) is 43.8 Å². The molecule has 0 radical (unpaired) electrons. The van der Waals surface area contributed by atoms with Gasteiger partial charge in [-0.1, -0.05) is 61.9 Å². The van der Waals surface area contributed by atoms with Crippen molar-refractivity contribution in [3.05, 3.63) is 35.9 Å². The molecular weight excluding hydrogens is 316 g/mol. The third-order valence-electron chi connectivity index (χ3n) is 4.66. The number of thioether (sulfide) groups is 1. The summed E-state index contributed by atoms with van der Waals surface area (Å²) in [6.45, 7) is 2.28. The molecule has 1 N–H and O–H groups in total. The van der Waals surface area contributed by atoms with Gasteiger partial charge in [0, 0.05) is 11.6 Å². The number of nitrogens with zero attached hydrogens (tertiary/aromatic N) is 3. The summed E-state index contributed by atoms with van der Waals surface area (Å²) >= 11 is 1.50. The third kappa shape index (κ3) is 3.54. The maximum absolute atomic E-state index is 9.74. The zero-order valence-electron chi connectivity index (χ0n) is 14.1. The van der Waals surface area contributed by atoms with Gasteiger partial charge in [-0.2, -0.15) is 5.26 Å². The molecule has 0 unspecified atom stereocenters. The van der Waals surface area contributed by atoms with Crippen molar-refractivity contribution in [3.63, 3.8) is 0 Å². The molecule has 24 heavy (non-hydrogen) atoms. The summed E-state index contributed by atoms with van der Waals surface area (Å²) in [4.78, 5) is 9.19. The van der Waals surface area contributed by atoms with Crippen LogP contribution in [0.2, 0.25) is 0 Å². The molecular formula is C19H22N4S. The van der Waals surface area contributed by atoms with Crippen LogP contribution < -0.4 is 5.32 Å². The Morgan fingerprint density at radius 3 is 2.58 bits per heavy atom. The summed E-state index contributed by atoms with van der Waals surface area (Å²) in [5.74, 6) is 1.27. The second-order valence-corrected chi connectivity index (χ2v) is 7.05. The fourth-order valence-corrected chi connectivity index (χ4v) is 3.62. The lowest BCUT2D eigenvalue weighted by Crippen LogP contribution is -2.31. The molecule has 4 nitrogen and oxygen atoms in total. The van der Waals surface area contributed by atoms with E-state index in [-0.39, 0.29) is 0 Å². The lowest BCUT2D eigenvalue weighted by molar-refractivity contribution is 0.349. The second-order valence-electron chi connectivity index (χ2n) is 6.27. The van der Waals surface area contributed by atoms with Gasteiger partial charge in [0.1, 0.15) is 17.5 Å². The highest BCUT2D eigenvalue weighted by Crippen LogP contribution is 2.31. The smallest absolute Gasteiger partial charge is 0.189 e. The largest absolute Gasteiger partial charge is 0.366 e. The molecule has 0 amide bonds. The first-order valence-electron chi connectivity index (χ1n) is 8.41. The van der Waals surface area contributed by atoms with Crippen LogP contribution >= 0.6 is 11.8 Å². The van der Waals surface area contributed by atoms with E-state index < -0.39 is 0 Å². The number of rotatable bonds is 4. The third-order valence-corrected chi connectivity index (χ3v) is 5.21. The molecule has 5 heteroatoms. The molecule has 2 atom stereocenters. The molecule has 0 spiro atoms. The SMILES string of the molecule is CSc1nc(N[C@@H]2CCCC[C@@H]2C)c(C#N)c(-c2ccccc2)n1. The van der Waals surface area contributed by atoms with Crippen LogP contribution in [-0.4, -0.2) is 22.3 Å². The van der Waals surface area contributed by atoms with E-state index in [2.05, 4.69) is 28.3 Å². The number of anilines is 1. The van der Waals surface area contributed by atoms with Crippen LogP contribution in [0.1, 0.15) is 38.2 Å². The van der Waals surface area contributed by atoms with Crippen molar-refractivity contribution < 1.29 is 0 Å². The average molecular weight is 338 g/mol. The molecule has 124 valence electrons. The second kappa shape index (κ2) is 7.67. The Kier molecular flexibility index (Phi) is 5.37. The lowest BCUT2D eigenvalue weighted by Gasteiger charge is -2.30. The molecule has 1 aromatic carbocycles. The van der Waals surface area contributed by atoms with Crippen molar-refractivity contribution in [2.75, 3.05) is 11.6 Å². The molecule has 0 bridgehead atoms. The molecule has 0 aliphatic heterocycles. The quantitative estimate of drug-likeness (QED) is 0.645. The Hall–Kier alpha value is -2.06. The van der Waals surface area contributed by atoms with Gasteiger partial charge in [-0.3, -0.25) is 0 Å². The maximum Gasteiger partial charge on any atom is 0.189 e. The van der Waals surface area contributed by atoms with E-state index in [0.29, 0.717) is 34.2 Å². The minimum Gasteiger partial charge on any atom is -0.366 e. The summed E-state index contributed by atoms with van der Waals surface area (Å²) in [6.07, 6.45) is 6.84.